The molecule has 0 bridgehead atoms. The van der Waals surface area contributed by atoms with E-state index in [0.717, 1.165) is 49.0 Å². The highest BCUT2D eigenvalue weighted by atomic mass is 32.2. The van der Waals surface area contributed by atoms with E-state index in [4.69, 9.17) is 4.74 Å². The number of rotatable bonds is 7. The summed E-state index contributed by atoms with van der Waals surface area (Å²) in [5.41, 5.74) is 1.30. The van der Waals surface area contributed by atoms with Crippen LogP contribution in [0.1, 0.15) is 24.8 Å². The van der Waals surface area contributed by atoms with Gasteiger partial charge >= 0.3 is 0 Å². The second kappa shape index (κ2) is 11.0. The highest BCUT2D eigenvalue weighted by molar-refractivity contribution is 8.18. The zero-order chi connectivity index (χ0) is 23.9. The molecule has 4 amide bonds. The van der Waals surface area contributed by atoms with Crippen molar-refractivity contribution in [3.63, 3.8) is 0 Å². The van der Waals surface area contributed by atoms with Gasteiger partial charge < -0.3 is 15.0 Å². The molecule has 9 heteroatoms. The molecule has 2 saturated heterocycles. The third-order valence-electron chi connectivity index (χ3n) is 5.48. The number of likely N-dealkylation sites (tertiary alicyclic amines) is 1. The summed E-state index contributed by atoms with van der Waals surface area (Å²) in [6.45, 7) is 1.20. The maximum Gasteiger partial charge on any atom is 0.294 e. The first-order chi connectivity index (χ1) is 16.5. The summed E-state index contributed by atoms with van der Waals surface area (Å²) in [4.78, 5) is 52.4. The Labute approximate surface area is 201 Å². The Morgan fingerprint density at radius 3 is 2.38 bits per heavy atom. The summed E-state index contributed by atoms with van der Waals surface area (Å²) in [6, 6.07) is 15.8. The number of hydrogen-bond donors (Lipinski definition) is 1. The van der Waals surface area contributed by atoms with Gasteiger partial charge in [0.2, 0.25) is 5.91 Å². The molecule has 0 unspecified atom stereocenters. The van der Waals surface area contributed by atoms with E-state index >= 15 is 0 Å². The van der Waals surface area contributed by atoms with Crippen LogP contribution < -0.4 is 10.1 Å². The Balaban J connectivity index is 1.31. The van der Waals surface area contributed by atoms with Crippen LogP contribution in [0.15, 0.2) is 59.5 Å². The summed E-state index contributed by atoms with van der Waals surface area (Å²) in [5.74, 6) is -0.428. The van der Waals surface area contributed by atoms with Crippen LogP contribution in [0.3, 0.4) is 0 Å². The molecule has 2 heterocycles. The molecule has 2 aliphatic heterocycles. The van der Waals surface area contributed by atoms with Gasteiger partial charge in [-0.25, -0.2) is 0 Å². The van der Waals surface area contributed by atoms with E-state index in [2.05, 4.69) is 5.32 Å². The Hall–Kier alpha value is -3.59. The Morgan fingerprint density at radius 1 is 0.971 bits per heavy atom. The van der Waals surface area contributed by atoms with Gasteiger partial charge in [-0.3, -0.25) is 24.1 Å². The van der Waals surface area contributed by atoms with Crippen LogP contribution in [0, 0.1) is 0 Å². The largest absolute Gasteiger partial charge is 0.484 e. The lowest BCUT2D eigenvalue weighted by Gasteiger charge is -2.26. The number of amides is 4. The predicted molar refractivity (Wildman–Crippen MR) is 130 cm³/mol. The average Bonchev–Trinajstić information content (AvgIpc) is 3.11. The number of carbonyl (C=O) groups is 4. The molecule has 0 spiro atoms. The second-order valence-corrected chi connectivity index (χ2v) is 8.97. The monoisotopic (exact) mass is 479 g/mol. The molecule has 8 nitrogen and oxygen atoms in total. The summed E-state index contributed by atoms with van der Waals surface area (Å²) in [5, 5.41) is 2.18. The number of piperidine rings is 1. The minimum absolute atomic E-state index is 0.0106. The molecule has 0 aromatic heterocycles. The SMILES string of the molecule is O=C(CN1C(=O)S/C(=C\c2ccc(OCC(=O)N3CCCCC3)cc2)C1=O)Nc1ccccc1. The van der Waals surface area contributed by atoms with E-state index in [1.54, 1.807) is 54.6 Å². The van der Waals surface area contributed by atoms with Gasteiger partial charge in [0.1, 0.15) is 12.3 Å². The van der Waals surface area contributed by atoms with Gasteiger partial charge in [-0.15, -0.1) is 0 Å². The third kappa shape index (κ3) is 6.05. The van der Waals surface area contributed by atoms with Crippen LogP contribution in [0.2, 0.25) is 0 Å². The molecule has 2 aliphatic rings. The first-order valence-corrected chi connectivity index (χ1v) is 11.9. The number of nitrogens with one attached hydrogen (secondary N) is 1. The minimum Gasteiger partial charge on any atom is -0.484 e. The van der Waals surface area contributed by atoms with Crippen LogP contribution in [0.4, 0.5) is 10.5 Å². The molecule has 176 valence electrons. The zero-order valence-corrected chi connectivity index (χ0v) is 19.4. The molecular weight excluding hydrogens is 454 g/mol. The molecule has 2 fully saturated rings. The number of nitrogens with zero attached hydrogens (tertiary/aromatic N) is 2. The molecule has 0 aliphatic carbocycles. The smallest absolute Gasteiger partial charge is 0.294 e. The average molecular weight is 480 g/mol. The van der Waals surface area contributed by atoms with E-state index in [1.165, 1.54) is 0 Å². The fraction of sp³-hybridized carbons (Fsp3) is 0.280. The number of carbonyl (C=O) groups excluding carboxylic acids is 4. The lowest BCUT2D eigenvalue weighted by Crippen LogP contribution is -2.38. The molecular formula is C25H25N3O5S. The van der Waals surface area contributed by atoms with Crippen molar-refractivity contribution in [3.05, 3.63) is 65.1 Å². The van der Waals surface area contributed by atoms with Gasteiger partial charge in [-0.05, 0) is 66.9 Å². The summed E-state index contributed by atoms with van der Waals surface area (Å²) in [6.07, 6.45) is 4.82. The van der Waals surface area contributed by atoms with Crippen LogP contribution in [-0.2, 0) is 14.4 Å². The van der Waals surface area contributed by atoms with Crippen molar-refractivity contribution < 1.29 is 23.9 Å². The number of thioether (sulfide) groups is 1. The molecule has 2 aromatic carbocycles. The molecule has 0 atom stereocenters. The van der Waals surface area contributed by atoms with Crippen LogP contribution in [0.25, 0.3) is 6.08 Å². The van der Waals surface area contributed by atoms with Crippen molar-refractivity contribution in [1.82, 2.24) is 9.80 Å². The summed E-state index contributed by atoms with van der Waals surface area (Å²) >= 11 is 0.796. The quantitative estimate of drug-likeness (QED) is 0.608. The number of ether oxygens (including phenoxy) is 1. The summed E-state index contributed by atoms with van der Waals surface area (Å²) in [7, 11) is 0. The maximum absolute atomic E-state index is 12.7. The number of para-hydroxylation sites is 1. The first-order valence-electron chi connectivity index (χ1n) is 11.1. The molecule has 0 radical (unpaired) electrons. The number of imide groups is 1. The van der Waals surface area contributed by atoms with Crippen molar-refractivity contribution in [1.29, 1.82) is 0 Å². The standard InChI is InChI=1S/C25H25N3O5S/c29-22(26-19-7-3-1-4-8-19)16-28-24(31)21(34-25(28)32)15-18-9-11-20(12-10-18)33-17-23(30)27-13-5-2-6-14-27/h1,3-4,7-12,15H,2,5-6,13-14,16-17H2,(H,26,29)/b21-15-. The number of benzene rings is 2. The second-order valence-electron chi connectivity index (χ2n) is 7.98. The van der Waals surface area contributed by atoms with Crippen molar-refractivity contribution in [3.8, 4) is 5.75 Å². The van der Waals surface area contributed by atoms with Crippen LogP contribution >= 0.6 is 11.8 Å². The molecule has 2 aromatic rings. The van der Waals surface area contributed by atoms with E-state index in [0.29, 0.717) is 17.0 Å². The third-order valence-corrected chi connectivity index (χ3v) is 6.39. The fourth-order valence-corrected chi connectivity index (χ4v) is 4.53. The predicted octanol–water partition coefficient (Wildman–Crippen LogP) is 3.75. The van der Waals surface area contributed by atoms with Crippen molar-refractivity contribution in [2.45, 2.75) is 19.3 Å². The van der Waals surface area contributed by atoms with E-state index in [9.17, 15) is 19.2 Å². The highest BCUT2D eigenvalue weighted by Crippen LogP contribution is 2.32. The van der Waals surface area contributed by atoms with Crippen LogP contribution in [-0.4, -0.2) is 59.0 Å². The number of hydrogen-bond acceptors (Lipinski definition) is 6. The molecule has 1 N–H and O–H groups in total. The lowest BCUT2D eigenvalue weighted by atomic mass is 10.1. The van der Waals surface area contributed by atoms with Crippen molar-refractivity contribution in [2.75, 3.05) is 31.6 Å². The van der Waals surface area contributed by atoms with Crippen molar-refractivity contribution >= 4 is 46.5 Å². The van der Waals surface area contributed by atoms with E-state index in [1.807, 2.05) is 11.0 Å². The molecule has 4 rings (SSSR count). The first kappa shape index (κ1) is 23.6. The van der Waals surface area contributed by atoms with Gasteiger partial charge in [-0.2, -0.15) is 0 Å². The van der Waals surface area contributed by atoms with Gasteiger partial charge in [0.25, 0.3) is 17.1 Å². The maximum atomic E-state index is 12.7. The minimum atomic E-state index is -0.509. The van der Waals surface area contributed by atoms with Gasteiger partial charge in [0.15, 0.2) is 6.61 Å². The van der Waals surface area contributed by atoms with Gasteiger partial charge in [-0.1, -0.05) is 30.3 Å². The van der Waals surface area contributed by atoms with Crippen LogP contribution in [0.5, 0.6) is 5.75 Å². The molecule has 0 saturated carbocycles. The summed E-state index contributed by atoms with van der Waals surface area (Å²) < 4.78 is 5.60. The number of anilines is 1. The Kier molecular flexibility index (Phi) is 7.64. The highest BCUT2D eigenvalue weighted by Gasteiger charge is 2.36. The fourth-order valence-electron chi connectivity index (χ4n) is 3.69. The van der Waals surface area contributed by atoms with Crippen molar-refractivity contribution in [2.24, 2.45) is 0 Å². The van der Waals surface area contributed by atoms with E-state index in [-0.39, 0.29) is 24.0 Å². The normalized spacial score (nSPS) is 17.2. The zero-order valence-electron chi connectivity index (χ0n) is 18.6. The van der Waals surface area contributed by atoms with E-state index < -0.39 is 17.1 Å². The lowest BCUT2D eigenvalue weighted by molar-refractivity contribution is -0.134. The Morgan fingerprint density at radius 2 is 1.68 bits per heavy atom. The Bertz CT molecular complexity index is 1100. The van der Waals surface area contributed by atoms with Gasteiger partial charge in [0.05, 0.1) is 4.91 Å². The van der Waals surface area contributed by atoms with Gasteiger partial charge in [0, 0.05) is 18.8 Å². The topological polar surface area (TPSA) is 96.0 Å². The molecule has 34 heavy (non-hydrogen) atoms.